The summed E-state index contributed by atoms with van der Waals surface area (Å²) in [5.74, 6) is -0.296. The Bertz CT molecular complexity index is 1530. The molecule has 1 amide bonds. The quantitative estimate of drug-likeness (QED) is 0.275. The number of fused-ring (bicyclic) bond motifs is 2. The summed E-state index contributed by atoms with van der Waals surface area (Å²) in [6, 6.07) is 8.53. The van der Waals surface area contributed by atoms with Crippen LogP contribution in [0, 0.1) is 0 Å². The highest BCUT2D eigenvalue weighted by atomic mass is 35.5. The van der Waals surface area contributed by atoms with Crippen LogP contribution in [0.2, 0.25) is 5.02 Å². The molecule has 4 aromatic rings. The number of piperidine rings is 1. The molecule has 0 saturated carbocycles. The van der Waals surface area contributed by atoms with E-state index in [2.05, 4.69) is 25.9 Å². The number of amides is 1. The van der Waals surface area contributed by atoms with Crippen LogP contribution in [0.4, 0.5) is 18.9 Å². The summed E-state index contributed by atoms with van der Waals surface area (Å²) in [6.07, 6.45) is -0.815. The minimum atomic E-state index is -4.61. The molecule has 8 nitrogen and oxygen atoms in total. The van der Waals surface area contributed by atoms with E-state index in [9.17, 15) is 23.1 Å². The average Bonchev–Trinajstić information content (AvgIpc) is 3.21. The maximum Gasteiger partial charge on any atom is 0.433 e. The monoisotopic (exact) mass is 560 g/mol. The van der Waals surface area contributed by atoms with Gasteiger partial charge in [-0.2, -0.15) is 13.2 Å². The van der Waals surface area contributed by atoms with Crippen molar-refractivity contribution in [2.75, 3.05) is 18.4 Å². The first-order chi connectivity index (χ1) is 18.4. The van der Waals surface area contributed by atoms with Gasteiger partial charge in [-0.3, -0.25) is 4.79 Å². The number of anilines is 1. The smallest absolute Gasteiger partial charge is 0.389 e. The van der Waals surface area contributed by atoms with Gasteiger partial charge in [0.2, 0.25) is 0 Å². The lowest BCUT2D eigenvalue weighted by atomic mass is 10.0. The van der Waals surface area contributed by atoms with E-state index in [1.807, 2.05) is 0 Å². The number of nitrogens with zero attached hydrogens (tertiary/aromatic N) is 3. The van der Waals surface area contributed by atoms with E-state index in [4.69, 9.17) is 11.6 Å². The Labute approximate surface area is 227 Å². The third-order valence-corrected chi connectivity index (χ3v) is 6.78. The second-order valence-corrected chi connectivity index (χ2v) is 10.9. The van der Waals surface area contributed by atoms with Crippen molar-refractivity contribution in [3.8, 4) is 0 Å². The van der Waals surface area contributed by atoms with Gasteiger partial charge in [-0.1, -0.05) is 11.6 Å². The number of nitrogens with one attached hydrogen (secondary N) is 3. The zero-order chi connectivity index (χ0) is 27.9. The van der Waals surface area contributed by atoms with Crippen molar-refractivity contribution in [1.29, 1.82) is 0 Å². The van der Waals surface area contributed by atoms with Crippen molar-refractivity contribution in [3.63, 3.8) is 0 Å². The van der Waals surface area contributed by atoms with Crippen LogP contribution >= 0.6 is 11.6 Å². The Kier molecular flexibility index (Phi) is 7.17. The Morgan fingerprint density at radius 3 is 2.69 bits per heavy atom. The number of aromatic nitrogens is 3. The van der Waals surface area contributed by atoms with Crippen molar-refractivity contribution in [2.45, 2.75) is 50.7 Å². The Balaban J connectivity index is 1.36. The standard InChI is InChI=1S/C27H28ClF3N6O2/c1-26(2,39)14-37-13-20(18-4-3-7-33-24(18)37)25(38)35-17-9-16(11-32-12-17)34-22-10-23(27(29,30)31)36-21-6-5-15(28)8-19(21)22/h3-8,10,13,16-17,32,39H,9,11-12,14H2,1-2H3,(H,34,36)(H,35,38)/t16-,17+/m1/s1. The van der Waals surface area contributed by atoms with Gasteiger partial charge in [0.05, 0.1) is 23.2 Å². The molecule has 3 aromatic heterocycles. The highest BCUT2D eigenvalue weighted by Crippen LogP contribution is 2.34. The van der Waals surface area contributed by atoms with Gasteiger partial charge in [0.1, 0.15) is 11.3 Å². The molecule has 206 valence electrons. The topological polar surface area (TPSA) is 104 Å². The molecule has 0 radical (unpaired) electrons. The molecule has 4 heterocycles. The molecule has 12 heteroatoms. The van der Waals surface area contributed by atoms with Crippen molar-refractivity contribution in [2.24, 2.45) is 0 Å². The van der Waals surface area contributed by atoms with Crippen molar-refractivity contribution < 1.29 is 23.1 Å². The molecule has 4 N–H and O–H groups in total. The van der Waals surface area contributed by atoms with E-state index in [1.165, 1.54) is 12.1 Å². The van der Waals surface area contributed by atoms with Crippen LogP contribution in [0.3, 0.4) is 0 Å². The summed E-state index contributed by atoms with van der Waals surface area (Å²) >= 11 is 6.12. The summed E-state index contributed by atoms with van der Waals surface area (Å²) in [5, 5.41) is 21.3. The van der Waals surface area contributed by atoms with Gasteiger partial charge in [0, 0.05) is 59.0 Å². The number of hydrogen-bond acceptors (Lipinski definition) is 6. The van der Waals surface area contributed by atoms with Crippen molar-refractivity contribution >= 4 is 45.1 Å². The number of pyridine rings is 2. The van der Waals surface area contributed by atoms with Crippen LogP contribution in [0.1, 0.15) is 36.3 Å². The maximum atomic E-state index is 13.5. The molecule has 1 aromatic carbocycles. The fourth-order valence-electron chi connectivity index (χ4n) is 4.95. The molecule has 0 unspecified atom stereocenters. The van der Waals surface area contributed by atoms with Crippen LogP contribution < -0.4 is 16.0 Å². The molecule has 1 aliphatic rings. The number of halogens is 4. The lowest BCUT2D eigenvalue weighted by Gasteiger charge is -2.32. The number of aliphatic hydroxyl groups is 1. The van der Waals surface area contributed by atoms with Gasteiger partial charge in [-0.15, -0.1) is 0 Å². The van der Waals surface area contributed by atoms with E-state index in [0.717, 1.165) is 6.07 Å². The molecule has 5 rings (SSSR count). The summed E-state index contributed by atoms with van der Waals surface area (Å²) in [6.45, 7) is 4.61. The third-order valence-electron chi connectivity index (χ3n) is 6.54. The predicted octanol–water partition coefficient (Wildman–Crippen LogP) is 4.60. The fourth-order valence-corrected chi connectivity index (χ4v) is 5.12. The molecule has 0 aliphatic carbocycles. The molecule has 1 saturated heterocycles. The van der Waals surface area contributed by atoms with Gasteiger partial charge >= 0.3 is 6.18 Å². The SMILES string of the molecule is CC(C)(O)Cn1cc(C(=O)N[C@@H]2CNC[C@H](Nc3cc(C(F)(F)F)nc4ccc(Cl)cc34)C2)c2cccnc21. The molecule has 39 heavy (non-hydrogen) atoms. The molecule has 1 aliphatic heterocycles. The van der Waals surface area contributed by atoms with E-state index < -0.39 is 17.5 Å². The first-order valence-corrected chi connectivity index (χ1v) is 12.9. The van der Waals surface area contributed by atoms with Gasteiger partial charge in [-0.25, -0.2) is 9.97 Å². The predicted molar refractivity (Wildman–Crippen MR) is 144 cm³/mol. The second-order valence-electron chi connectivity index (χ2n) is 10.5. The zero-order valence-electron chi connectivity index (χ0n) is 21.3. The van der Waals surface area contributed by atoms with Crippen LogP contribution in [-0.4, -0.2) is 56.3 Å². The van der Waals surface area contributed by atoms with E-state index in [0.29, 0.717) is 46.5 Å². The molecular weight excluding hydrogens is 533 g/mol. The van der Waals surface area contributed by atoms with Crippen LogP contribution in [-0.2, 0) is 12.7 Å². The number of benzene rings is 1. The fraction of sp³-hybridized carbons (Fsp3) is 0.370. The third kappa shape index (κ3) is 6.10. The summed E-state index contributed by atoms with van der Waals surface area (Å²) in [4.78, 5) is 21.5. The van der Waals surface area contributed by atoms with Crippen molar-refractivity contribution in [1.82, 2.24) is 25.2 Å². The number of alkyl halides is 3. The Hall–Kier alpha value is -3.41. The summed E-state index contributed by atoms with van der Waals surface area (Å²) < 4.78 is 42.3. The van der Waals surface area contributed by atoms with E-state index in [-0.39, 0.29) is 35.7 Å². The first-order valence-electron chi connectivity index (χ1n) is 12.5. The number of hydrogen-bond donors (Lipinski definition) is 4. The van der Waals surface area contributed by atoms with Crippen LogP contribution in [0.15, 0.2) is 48.8 Å². The molecule has 1 fully saturated rings. The summed E-state index contributed by atoms with van der Waals surface area (Å²) in [5.41, 5.74) is -0.520. The van der Waals surface area contributed by atoms with Crippen LogP contribution in [0.25, 0.3) is 21.9 Å². The van der Waals surface area contributed by atoms with Gasteiger partial charge in [0.25, 0.3) is 5.91 Å². The molecule has 2 atom stereocenters. The number of carbonyl (C=O) groups excluding carboxylic acids is 1. The minimum Gasteiger partial charge on any atom is -0.389 e. The van der Waals surface area contributed by atoms with E-state index in [1.54, 1.807) is 49.0 Å². The summed E-state index contributed by atoms with van der Waals surface area (Å²) in [7, 11) is 0. The van der Waals surface area contributed by atoms with Gasteiger partial charge < -0.3 is 25.6 Å². The van der Waals surface area contributed by atoms with Crippen molar-refractivity contribution in [3.05, 3.63) is 65.1 Å². The number of carbonyl (C=O) groups is 1. The highest BCUT2D eigenvalue weighted by molar-refractivity contribution is 6.31. The lowest BCUT2D eigenvalue weighted by molar-refractivity contribution is -0.140. The molecule has 0 spiro atoms. The minimum absolute atomic E-state index is 0.182. The zero-order valence-corrected chi connectivity index (χ0v) is 22.1. The van der Waals surface area contributed by atoms with Gasteiger partial charge in [0.15, 0.2) is 0 Å². The van der Waals surface area contributed by atoms with Gasteiger partial charge in [-0.05, 0) is 56.7 Å². The van der Waals surface area contributed by atoms with E-state index >= 15 is 0 Å². The second kappa shape index (κ2) is 10.3. The average molecular weight is 561 g/mol. The Morgan fingerprint density at radius 1 is 1.18 bits per heavy atom. The normalized spacial score (nSPS) is 18.4. The number of rotatable bonds is 6. The molecular formula is C27H28ClF3N6O2. The Morgan fingerprint density at radius 2 is 1.95 bits per heavy atom. The first kappa shape index (κ1) is 27.2. The largest absolute Gasteiger partial charge is 0.433 e. The maximum absolute atomic E-state index is 13.5. The lowest BCUT2D eigenvalue weighted by Crippen LogP contribution is -2.52. The highest BCUT2D eigenvalue weighted by Gasteiger charge is 2.34. The molecule has 0 bridgehead atoms. The van der Waals surface area contributed by atoms with Crippen LogP contribution in [0.5, 0.6) is 0 Å².